The summed E-state index contributed by atoms with van der Waals surface area (Å²) < 4.78 is 7.15. The van der Waals surface area contributed by atoms with Gasteiger partial charge in [-0.05, 0) is 47.9 Å². The Hall–Kier alpha value is -3.82. The summed E-state index contributed by atoms with van der Waals surface area (Å²) in [7, 11) is 0. The highest BCUT2D eigenvalue weighted by molar-refractivity contribution is 5.79. The summed E-state index contributed by atoms with van der Waals surface area (Å²) in [6.45, 7) is 1.54. The number of rotatable bonds is 6. The summed E-state index contributed by atoms with van der Waals surface area (Å²) in [6.07, 6.45) is 6.23. The fourth-order valence-corrected chi connectivity index (χ4v) is 4.40. The molecular weight excluding hydrogens is 430 g/mol. The molecule has 170 valence electrons. The first-order valence-corrected chi connectivity index (χ1v) is 11.3. The van der Waals surface area contributed by atoms with Crippen LogP contribution < -0.4 is 0 Å². The minimum atomic E-state index is -0.406. The zero-order valence-corrected chi connectivity index (χ0v) is 18.4. The summed E-state index contributed by atoms with van der Waals surface area (Å²) in [6, 6.07) is 14.2. The van der Waals surface area contributed by atoms with Gasteiger partial charge in [-0.25, -0.2) is 14.6 Å². The molecule has 34 heavy (non-hydrogen) atoms. The normalized spacial score (nSPS) is 18.1. The topological polar surface area (TPSA) is 112 Å². The average molecular weight is 454 g/mol. The first-order chi connectivity index (χ1) is 16.7. The lowest BCUT2D eigenvalue weighted by Crippen LogP contribution is -2.20. The molecule has 2 atom stereocenters. The number of aliphatic hydroxyl groups is 1. The summed E-state index contributed by atoms with van der Waals surface area (Å²) in [5, 5.41) is 19.6. The van der Waals surface area contributed by atoms with E-state index in [9.17, 15) is 5.11 Å². The molecule has 0 radical (unpaired) electrons. The van der Waals surface area contributed by atoms with E-state index in [4.69, 9.17) is 9.72 Å². The van der Waals surface area contributed by atoms with Crippen LogP contribution in [0.15, 0.2) is 61.1 Å². The Morgan fingerprint density at radius 2 is 1.94 bits per heavy atom. The van der Waals surface area contributed by atoms with E-state index in [1.54, 1.807) is 23.3 Å². The summed E-state index contributed by atoms with van der Waals surface area (Å²) in [5.74, 6) is 0.123. The smallest absolute Gasteiger partial charge is 0.221 e. The Balaban J connectivity index is 1.23. The molecule has 5 heterocycles. The molecule has 0 spiro atoms. The fourth-order valence-electron chi connectivity index (χ4n) is 4.40. The molecule has 1 fully saturated rings. The number of fused-ring (bicyclic) bond motifs is 2. The molecule has 1 aliphatic heterocycles. The second-order valence-electron chi connectivity index (χ2n) is 8.69. The summed E-state index contributed by atoms with van der Waals surface area (Å²) in [5.41, 5.74) is 6.04. The largest absolute Gasteiger partial charge is 0.390 e. The predicted octanol–water partition coefficient (Wildman–Crippen LogP) is 2.35. The van der Waals surface area contributed by atoms with Crippen LogP contribution in [0.1, 0.15) is 22.5 Å². The molecule has 1 N–H and O–H groups in total. The summed E-state index contributed by atoms with van der Waals surface area (Å²) >= 11 is 0. The van der Waals surface area contributed by atoms with Crippen LogP contribution in [0.25, 0.3) is 22.2 Å². The van der Waals surface area contributed by atoms with Gasteiger partial charge in [0.1, 0.15) is 0 Å². The van der Waals surface area contributed by atoms with Crippen molar-refractivity contribution in [3.63, 3.8) is 0 Å². The number of aliphatic hydroxyl groups excluding tert-OH is 1. The van der Waals surface area contributed by atoms with Crippen LogP contribution in [-0.4, -0.2) is 59.4 Å². The van der Waals surface area contributed by atoms with Crippen molar-refractivity contribution >= 4 is 22.2 Å². The van der Waals surface area contributed by atoms with Gasteiger partial charge in [-0.3, -0.25) is 9.97 Å². The van der Waals surface area contributed by atoms with Crippen LogP contribution in [0.2, 0.25) is 0 Å². The van der Waals surface area contributed by atoms with E-state index in [1.807, 2.05) is 30.3 Å². The fraction of sp³-hybridized carbons (Fsp3) is 0.280. The van der Waals surface area contributed by atoms with E-state index >= 15 is 0 Å². The van der Waals surface area contributed by atoms with Crippen molar-refractivity contribution in [1.82, 2.24) is 34.9 Å². The average Bonchev–Trinajstić information content (AvgIpc) is 3.45. The quantitative estimate of drug-likeness (QED) is 0.417. The number of benzene rings is 1. The van der Waals surface area contributed by atoms with Crippen LogP contribution in [0.4, 0.5) is 0 Å². The molecule has 0 saturated carbocycles. The maximum atomic E-state index is 10.0. The van der Waals surface area contributed by atoms with Crippen molar-refractivity contribution in [2.75, 3.05) is 13.2 Å². The van der Waals surface area contributed by atoms with Gasteiger partial charge in [0.25, 0.3) is 0 Å². The SMILES string of the molecule is OC1COCC1Cc1ccnc(Cc2cnc3nnn(Cc4ccc5ncccc5c4)c3n2)c1. The second-order valence-corrected chi connectivity index (χ2v) is 8.69. The number of pyridine rings is 2. The van der Waals surface area contributed by atoms with E-state index in [0.29, 0.717) is 37.5 Å². The van der Waals surface area contributed by atoms with Crippen molar-refractivity contribution in [2.45, 2.75) is 25.5 Å². The van der Waals surface area contributed by atoms with Crippen LogP contribution in [0, 0.1) is 5.92 Å². The second kappa shape index (κ2) is 8.85. The highest BCUT2D eigenvalue weighted by Crippen LogP contribution is 2.20. The molecule has 1 aliphatic rings. The number of nitrogens with zero attached hydrogens (tertiary/aromatic N) is 7. The van der Waals surface area contributed by atoms with Gasteiger partial charge in [-0.2, -0.15) is 0 Å². The Morgan fingerprint density at radius 3 is 2.85 bits per heavy atom. The predicted molar refractivity (Wildman–Crippen MR) is 125 cm³/mol. The molecule has 9 heteroatoms. The number of hydrogen-bond acceptors (Lipinski definition) is 8. The van der Waals surface area contributed by atoms with E-state index in [1.165, 1.54) is 0 Å². The lowest BCUT2D eigenvalue weighted by Gasteiger charge is -2.12. The molecule has 1 saturated heterocycles. The van der Waals surface area contributed by atoms with Crippen molar-refractivity contribution in [1.29, 1.82) is 0 Å². The third-order valence-electron chi connectivity index (χ3n) is 6.18. The Morgan fingerprint density at radius 1 is 0.971 bits per heavy atom. The first-order valence-electron chi connectivity index (χ1n) is 11.3. The third kappa shape index (κ3) is 4.23. The van der Waals surface area contributed by atoms with Gasteiger partial charge in [0.2, 0.25) is 5.65 Å². The molecule has 6 rings (SSSR count). The van der Waals surface area contributed by atoms with Gasteiger partial charge in [0.05, 0.1) is 43.3 Å². The van der Waals surface area contributed by atoms with E-state index in [-0.39, 0.29) is 5.92 Å². The minimum absolute atomic E-state index is 0.123. The third-order valence-corrected chi connectivity index (χ3v) is 6.18. The maximum Gasteiger partial charge on any atom is 0.221 e. The van der Waals surface area contributed by atoms with Gasteiger partial charge >= 0.3 is 0 Å². The standard InChI is InChI=1S/C25H23N7O2/c33-23-15-34-14-19(23)8-16-5-7-26-20(10-16)11-21-12-28-24-25(29-21)32(31-30-24)13-17-3-4-22-18(9-17)2-1-6-27-22/h1-7,9-10,12,19,23,33H,8,11,13-15H2. The highest BCUT2D eigenvalue weighted by atomic mass is 16.5. The molecule has 1 aromatic carbocycles. The van der Waals surface area contributed by atoms with Crippen LogP contribution in [-0.2, 0) is 24.1 Å². The Kier molecular flexibility index (Phi) is 5.40. The lowest BCUT2D eigenvalue weighted by molar-refractivity contribution is 0.118. The van der Waals surface area contributed by atoms with Crippen molar-refractivity contribution in [2.24, 2.45) is 5.92 Å². The maximum absolute atomic E-state index is 10.0. The molecular formula is C25H23N7O2. The van der Waals surface area contributed by atoms with Gasteiger partial charge in [-0.1, -0.05) is 17.3 Å². The molecule has 0 amide bonds. The van der Waals surface area contributed by atoms with Gasteiger partial charge in [0.15, 0.2) is 5.65 Å². The van der Waals surface area contributed by atoms with Crippen molar-refractivity contribution in [3.8, 4) is 0 Å². The first kappa shape index (κ1) is 20.8. The Bertz CT molecular complexity index is 1470. The molecule has 2 unspecified atom stereocenters. The number of ether oxygens (including phenoxy) is 1. The molecule has 5 aromatic rings. The van der Waals surface area contributed by atoms with Gasteiger partial charge < -0.3 is 9.84 Å². The van der Waals surface area contributed by atoms with E-state index in [2.05, 4.69) is 37.4 Å². The number of aromatic nitrogens is 7. The van der Waals surface area contributed by atoms with Crippen molar-refractivity contribution in [3.05, 3.63) is 83.6 Å². The molecule has 0 bridgehead atoms. The van der Waals surface area contributed by atoms with Crippen molar-refractivity contribution < 1.29 is 9.84 Å². The Labute approximate surface area is 195 Å². The zero-order chi connectivity index (χ0) is 22.9. The summed E-state index contributed by atoms with van der Waals surface area (Å²) in [4.78, 5) is 18.1. The number of hydrogen-bond donors (Lipinski definition) is 1. The zero-order valence-electron chi connectivity index (χ0n) is 18.4. The van der Waals surface area contributed by atoms with Gasteiger partial charge in [0, 0.05) is 35.8 Å². The monoisotopic (exact) mass is 453 g/mol. The molecule has 4 aromatic heterocycles. The van der Waals surface area contributed by atoms with Crippen LogP contribution in [0.5, 0.6) is 0 Å². The van der Waals surface area contributed by atoms with E-state index < -0.39 is 6.10 Å². The van der Waals surface area contributed by atoms with Crippen LogP contribution in [0.3, 0.4) is 0 Å². The van der Waals surface area contributed by atoms with Gasteiger partial charge in [-0.15, -0.1) is 5.10 Å². The van der Waals surface area contributed by atoms with Crippen LogP contribution >= 0.6 is 0 Å². The minimum Gasteiger partial charge on any atom is -0.390 e. The molecule has 0 aliphatic carbocycles. The van der Waals surface area contributed by atoms with E-state index in [0.717, 1.165) is 39.8 Å². The molecule has 9 nitrogen and oxygen atoms in total. The lowest BCUT2D eigenvalue weighted by atomic mass is 9.96. The highest BCUT2D eigenvalue weighted by Gasteiger charge is 2.26.